The lowest BCUT2D eigenvalue weighted by Crippen LogP contribution is -2.23. The van der Waals surface area contributed by atoms with Gasteiger partial charge in [0.05, 0.1) is 6.54 Å². The highest BCUT2D eigenvalue weighted by molar-refractivity contribution is 7.09. The first kappa shape index (κ1) is 13.9. The molecular weight excluding hydrogens is 255 g/mol. The highest BCUT2D eigenvalue weighted by Crippen LogP contribution is 2.29. The molecule has 0 bridgehead atoms. The molecule has 3 N–H and O–H groups in total. The van der Waals surface area contributed by atoms with Crippen LogP contribution in [0.2, 0.25) is 0 Å². The lowest BCUT2D eigenvalue weighted by Gasteiger charge is -2.02. The summed E-state index contributed by atoms with van der Waals surface area (Å²) in [5.41, 5.74) is 4.30. The summed E-state index contributed by atoms with van der Waals surface area (Å²) in [5.74, 6) is -0.237. The molecule has 0 atom stereocenters. The zero-order valence-electron chi connectivity index (χ0n) is 8.88. The molecule has 1 rings (SSSR count). The second kappa shape index (κ2) is 5.97. The van der Waals surface area contributed by atoms with Crippen LogP contribution in [0.5, 0.6) is 0 Å². The lowest BCUT2D eigenvalue weighted by molar-refractivity contribution is -0.140. The van der Waals surface area contributed by atoms with Crippen LogP contribution in [0, 0.1) is 0 Å². The van der Waals surface area contributed by atoms with Gasteiger partial charge in [0.1, 0.15) is 5.01 Å². The first-order chi connectivity index (χ1) is 7.93. The molecule has 0 spiro atoms. The van der Waals surface area contributed by atoms with Gasteiger partial charge in [0.15, 0.2) is 5.69 Å². The van der Waals surface area contributed by atoms with E-state index in [9.17, 15) is 18.0 Å². The van der Waals surface area contributed by atoms with E-state index in [2.05, 4.69) is 10.3 Å². The molecule has 0 fully saturated rings. The molecule has 4 nitrogen and oxygen atoms in total. The summed E-state index contributed by atoms with van der Waals surface area (Å²) >= 11 is 0.872. The Labute approximate surface area is 100 Å². The summed E-state index contributed by atoms with van der Waals surface area (Å²) in [5, 5.41) is 3.65. The molecule has 0 saturated heterocycles. The predicted octanol–water partition coefficient (Wildman–Crippen LogP) is 1.52. The summed E-state index contributed by atoms with van der Waals surface area (Å²) in [4.78, 5) is 14.6. The van der Waals surface area contributed by atoms with Crippen molar-refractivity contribution in [3.63, 3.8) is 0 Å². The number of aromatic nitrogens is 1. The number of amides is 1. The summed E-state index contributed by atoms with van der Waals surface area (Å²) < 4.78 is 36.6. The largest absolute Gasteiger partial charge is 0.434 e. The molecule has 0 aromatic carbocycles. The van der Waals surface area contributed by atoms with Crippen LogP contribution in [0.25, 0.3) is 0 Å². The van der Waals surface area contributed by atoms with Gasteiger partial charge in [0.2, 0.25) is 5.91 Å². The van der Waals surface area contributed by atoms with Crippen LogP contribution in [0.1, 0.15) is 23.5 Å². The lowest BCUT2D eigenvalue weighted by atomic mass is 10.3. The maximum Gasteiger partial charge on any atom is 0.434 e. The molecule has 0 aliphatic heterocycles. The number of carbonyl (C=O) groups is 1. The van der Waals surface area contributed by atoms with Crippen molar-refractivity contribution < 1.29 is 18.0 Å². The first-order valence-electron chi connectivity index (χ1n) is 4.92. The van der Waals surface area contributed by atoms with E-state index in [4.69, 9.17) is 5.73 Å². The molecule has 8 heteroatoms. The van der Waals surface area contributed by atoms with E-state index in [1.165, 1.54) is 0 Å². The van der Waals surface area contributed by atoms with Gasteiger partial charge in [-0.15, -0.1) is 11.3 Å². The highest BCUT2D eigenvalue weighted by atomic mass is 32.1. The zero-order valence-corrected chi connectivity index (χ0v) is 9.70. The number of nitrogens with two attached hydrogens (primary N) is 1. The fraction of sp³-hybridized carbons (Fsp3) is 0.556. The van der Waals surface area contributed by atoms with Gasteiger partial charge in [-0.05, 0) is 13.0 Å². The van der Waals surface area contributed by atoms with Crippen molar-refractivity contribution >= 4 is 17.2 Å². The number of nitrogens with zero attached hydrogens (tertiary/aromatic N) is 1. The van der Waals surface area contributed by atoms with E-state index in [-0.39, 0.29) is 23.9 Å². The number of hydrogen-bond acceptors (Lipinski definition) is 4. The maximum atomic E-state index is 12.2. The minimum Gasteiger partial charge on any atom is -0.350 e. The van der Waals surface area contributed by atoms with Crippen LogP contribution < -0.4 is 11.1 Å². The van der Waals surface area contributed by atoms with Crippen LogP contribution in [-0.2, 0) is 17.5 Å². The summed E-state index contributed by atoms with van der Waals surface area (Å²) in [6.45, 7) is 0.424. The van der Waals surface area contributed by atoms with Gasteiger partial charge in [-0.1, -0.05) is 0 Å². The number of nitrogens with one attached hydrogen (secondary N) is 1. The van der Waals surface area contributed by atoms with Crippen molar-refractivity contribution in [2.45, 2.75) is 25.6 Å². The standard InChI is InChI=1S/C9H12F3N3OS/c10-9(11,12)6-5-17-8(15-6)4-14-7(16)2-1-3-13/h5H,1-4,13H2,(H,14,16). The molecule has 1 aromatic heterocycles. The van der Waals surface area contributed by atoms with Crippen molar-refractivity contribution in [2.75, 3.05) is 6.54 Å². The third-order valence-corrected chi connectivity index (χ3v) is 2.74. The van der Waals surface area contributed by atoms with E-state index in [0.29, 0.717) is 13.0 Å². The Kier molecular flexibility index (Phi) is 4.88. The van der Waals surface area contributed by atoms with E-state index in [1.807, 2.05) is 0 Å². The Bertz CT molecular complexity index is 378. The molecular formula is C9H12F3N3OS. The van der Waals surface area contributed by atoms with Crippen LogP contribution in [0.3, 0.4) is 0 Å². The minimum atomic E-state index is -4.43. The van der Waals surface area contributed by atoms with E-state index in [1.54, 1.807) is 0 Å². The van der Waals surface area contributed by atoms with Crippen molar-refractivity contribution in [1.29, 1.82) is 0 Å². The fourth-order valence-corrected chi connectivity index (χ4v) is 1.79. The molecule has 0 unspecified atom stereocenters. The highest BCUT2D eigenvalue weighted by Gasteiger charge is 2.33. The first-order valence-corrected chi connectivity index (χ1v) is 5.80. The van der Waals surface area contributed by atoms with Crippen LogP contribution >= 0.6 is 11.3 Å². The smallest absolute Gasteiger partial charge is 0.350 e. The van der Waals surface area contributed by atoms with Gasteiger partial charge < -0.3 is 11.1 Å². The molecule has 0 aliphatic rings. The average molecular weight is 267 g/mol. The molecule has 0 aliphatic carbocycles. The van der Waals surface area contributed by atoms with Crippen molar-refractivity contribution in [1.82, 2.24) is 10.3 Å². The summed E-state index contributed by atoms with van der Waals surface area (Å²) in [6, 6.07) is 0. The van der Waals surface area contributed by atoms with Gasteiger partial charge in [0, 0.05) is 11.8 Å². The average Bonchev–Trinajstić information content (AvgIpc) is 2.71. The number of thiazole rings is 1. The Morgan fingerprint density at radius 3 is 2.76 bits per heavy atom. The Morgan fingerprint density at radius 2 is 2.24 bits per heavy atom. The monoisotopic (exact) mass is 267 g/mol. The molecule has 0 radical (unpaired) electrons. The predicted molar refractivity (Wildman–Crippen MR) is 57.3 cm³/mol. The molecule has 17 heavy (non-hydrogen) atoms. The van der Waals surface area contributed by atoms with Crippen molar-refractivity contribution in [3.8, 4) is 0 Å². The Morgan fingerprint density at radius 1 is 1.53 bits per heavy atom. The summed E-state index contributed by atoms with van der Waals surface area (Å²) in [7, 11) is 0. The number of rotatable bonds is 5. The van der Waals surface area contributed by atoms with E-state index < -0.39 is 11.9 Å². The van der Waals surface area contributed by atoms with E-state index >= 15 is 0 Å². The van der Waals surface area contributed by atoms with Crippen LogP contribution in [0.15, 0.2) is 5.38 Å². The topological polar surface area (TPSA) is 68.0 Å². The summed E-state index contributed by atoms with van der Waals surface area (Å²) in [6.07, 6.45) is -3.61. The molecule has 1 aromatic rings. The van der Waals surface area contributed by atoms with Gasteiger partial charge >= 0.3 is 6.18 Å². The Balaban J connectivity index is 2.42. The van der Waals surface area contributed by atoms with Gasteiger partial charge in [-0.25, -0.2) is 4.98 Å². The number of carbonyl (C=O) groups excluding carboxylic acids is 1. The molecule has 1 heterocycles. The van der Waals surface area contributed by atoms with Gasteiger partial charge in [-0.2, -0.15) is 13.2 Å². The SMILES string of the molecule is NCCCC(=O)NCc1nc(C(F)(F)F)cs1. The minimum absolute atomic E-state index is 0.0180. The van der Waals surface area contributed by atoms with Crippen LogP contribution in [0.4, 0.5) is 13.2 Å². The molecule has 1 amide bonds. The normalized spacial score (nSPS) is 11.5. The second-order valence-electron chi connectivity index (χ2n) is 3.29. The van der Waals surface area contributed by atoms with Crippen molar-refractivity contribution in [3.05, 3.63) is 16.1 Å². The van der Waals surface area contributed by atoms with E-state index in [0.717, 1.165) is 16.7 Å². The quantitative estimate of drug-likeness (QED) is 0.849. The van der Waals surface area contributed by atoms with Gasteiger partial charge in [-0.3, -0.25) is 4.79 Å². The third-order valence-electron chi connectivity index (χ3n) is 1.89. The Hall–Kier alpha value is -1.15. The maximum absolute atomic E-state index is 12.2. The molecule has 96 valence electrons. The third kappa shape index (κ3) is 4.70. The zero-order chi connectivity index (χ0) is 12.9. The fourth-order valence-electron chi connectivity index (χ4n) is 1.05. The number of hydrogen-bond donors (Lipinski definition) is 2. The van der Waals surface area contributed by atoms with Crippen LogP contribution in [-0.4, -0.2) is 17.4 Å². The van der Waals surface area contributed by atoms with Gasteiger partial charge in [0.25, 0.3) is 0 Å². The molecule has 0 saturated carbocycles. The number of alkyl halides is 3. The second-order valence-corrected chi connectivity index (χ2v) is 4.24. The van der Waals surface area contributed by atoms with Crippen molar-refractivity contribution in [2.24, 2.45) is 5.73 Å². The number of halogens is 3.